The van der Waals surface area contributed by atoms with Gasteiger partial charge in [-0.2, -0.15) is 0 Å². The summed E-state index contributed by atoms with van der Waals surface area (Å²) >= 11 is 0. The Kier molecular flexibility index (Phi) is 4.92. The fourth-order valence-corrected chi connectivity index (χ4v) is 2.28. The number of rotatable bonds is 5. The molecule has 1 heterocycles. The van der Waals surface area contributed by atoms with Gasteiger partial charge in [0.25, 0.3) is 0 Å². The van der Waals surface area contributed by atoms with Gasteiger partial charge < -0.3 is 15.4 Å². The molecule has 0 saturated heterocycles. The summed E-state index contributed by atoms with van der Waals surface area (Å²) in [6.07, 6.45) is 1.29. The lowest BCUT2D eigenvalue weighted by Gasteiger charge is -2.24. The largest absolute Gasteiger partial charge is 0.468 e. The maximum atomic E-state index is 12.0. The minimum Gasteiger partial charge on any atom is -0.468 e. The Morgan fingerprint density at radius 2 is 2.14 bits per heavy atom. The molecule has 1 unspecified atom stereocenters. The zero-order chi connectivity index (χ0) is 15.2. The number of amides is 2. The molecule has 0 spiro atoms. The molecule has 2 rings (SSSR count). The van der Waals surface area contributed by atoms with Crippen molar-refractivity contribution < 1.29 is 19.1 Å². The highest BCUT2D eigenvalue weighted by molar-refractivity contribution is 5.96. The van der Waals surface area contributed by atoms with Crippen molar-refractivity contribution in [2.75, 3.05) is 19.0 Å². The van der Waals surface area contributed by atoms with Crippen LogP contribution in [0.3, 0.4) is 0 Å². The fraction of sp³-hybridized carbons (Fsp3) is 0.400. The number of benzene rings is 1. The summed E-state index contributed by atoms with van der Waals surface area (Å²) in [7, 11) is 1.26. The van der Waals surface area contributed by atoms with Crippen molar-refractivity contribution in [3.05, 3.63) is 29.8 Å². The van der Waals surface area contributed by atoms with Gasteiger partial charge in [-0.05, 0) is 24.5 Å². The van der Waals surface area contributed by atoms with Gasteiger partial charge in [0.15, 0.2) is 0 Å². The Morgan fingerprint density at radius 3 is 2.90 bits per heavy atom. The first kappa shape index (κ1) is 15.0. The van der Waals surface area contributed by atoms with Crippen LogP contribution < -0.4 is 10.6 Å². The fourth-order valence-electron chi connectivity index (χ4n) is 2.28. The van der Waals surface area contributed by atoms with Gasteiger partial charge in [-0.15, -0.1) is 0 Å². The molecule has 2 amide bonds. The second-order valence-electron chi connectivity index (χ2n) is 4.94. The average Bonchev–Trinajstić information content (AvgIpc) is 2.50. The molecule has 112 valence electrons. The molecule has 0 bridgehead atoms. The molecule has 6 heteroatoms. The van der Waals surface area contributed by atoms with Gasteiger partial charge in [-0.3, -0.25) is 14.4 Å². The normalized spacial score (nSPS) is 16.6. The summed E-state index contributed by atoms with van der Waals surface area (Å²) < 4.78 is 4.43. The third-order valence-electron chi connectivity index (χ3n) is 3.49. The number of methoxy groups -OCH3 is 1. The van der Waals surface area contributed by atoms with Crippen LogP contribution >= 0.6 is 0 Å². The molecule has 1 aliphatic rings. The molecule has 1 aromatic rings. The van der Waals surface area contributed by atoms with Crippen molar-refractivity contribution in [2.24, 2.45) is 5.92 Å². The van der Waals surface area contributed by atoms with Gasteiger partial charge in [-0.25, -0.2) is 0 Å². The monoisotopic (exact) mass is 290 g/mol. The van der Waals surface area contributed by atoms with E-state index in [2.05, 4.69) is 15.4 Å². The van der Waals surface area contributed by atoms with Crippen molar-refractivity contribution in [1.82, 2.24) is 5.32 Å². The lowest BCUT2D eigenvalue weighted by Crippen LogP contribution is -2.33. The van der Waals surface area contributed by atoms with Crippen LogP contribution in [0, 0.1) is 5.92 Å². The number of para-hydroxylation sites is 1. The Hall–Kier alpha value is -2.37. The minimum absolute atomic E-state index is 0.0607. The van der Waals surface area contributed by atoms with Crippen molar-refractivity contribution in [1.29, 1.82) is 0 Å². The van der Waals surface area contributed by atoms with Crippen molar-refractivity contribution in [3.63, 3.8) is 0 Å². The molecule has 0 fully saturated rings. The summed E-state index contributed by atoms with van der Waals surface area (Å²) in [5.41, 5.74) is 1.92. The van der Waals surface area contributed by atoms with Gasteiger partial charge >= 0.3 is 5.97 Å². The van der Waals surface area contributed by atoms with E-state index in [0.717, 1.165) is 11.3 Å². The molecule has 2 N–H and O–H groups in total. The summed E-state index contributed by atoms with van der Waals surface area (Å²) in [5.74, 6) is -1.03. The number of ether oxygens (including phenoxy) is 1. The molecule has 0 aliphatic carbocycles. The van der Waals surface area contributed by atoms with E-state index in [0.29, 0.717) is 12.8 Å². The minimum atomic E-state index is -0.493. The quantitative estimate of drug-likeness (QED) is 0.788. The maximum absolute atomic E-state index is 12.0. The standard InChI is InChI=1S/C15H18N2O4/c1-21-14(19)9-16-13(18)7-6-11-8-10-4-2-3-5-12(10)17-15(11)20/h2-5,11H,6-9H2,1H3,(H,16,18)(H,17,20). The number of hydrogen-bond acceptors (Lipinski definition) is 4. The molecule has 21 heavy (non-hydrogen) atoms. The number of carbonyl (C=O) groups excluding carboxylic acids is 3. The van der Waals surface area contributed by atoms with Crippen LogP contribution in [0.15, 0.2) is 24.3 Å². The number of anilines is 1. The molecule has 0 radical (unpaired) electrons. The first-order valence-corrected chi connectivity index (χ1v) is 6.82. The van der Waals surface area contributed by atoms with Crippen molar-refractivity contribution >= 4 is 23.5 Å². The second-order valence-corrected chi connectivity index (χ2v) is 4.94. The van der Waals surface area contributed by atoms with E-state index in [-0.39, 0.29) is 30.7 Å². The SMILES string of the molecule is COC(=O)CNC(=O)CCC1Cc2ccccc2NC1=O. The topological polar surface area (TPSA) is 84.5 Å². The predicted octanol–water partition coefficient (Wildman–Crippen LogP) is 0.867. The highest BCUT2D eigenvalue weighted by Gasteiger charge is 2.26. The van der Waals surface area contributed by atoms with Crippen LogP contribution in [-0.2, 0) is 25.5 Å². The second kappa shape index (κ2) is 6.88. The Balaban J connectivity index is 1.83. The van der Waals surface area contributed by atoms with Crippen LogP contribution in [0.25, 0.3) is 0 Å². The van der Waals surface area contributed by atoms with Crippen LogP contribution in [-0.4, -0.2) is 31.4 Å². The Bertz CT molecular complexity index is 556. The number of esters is 1. The van der Waals surface area contributed by atoms with E-state index in [9.17, 15) is 14.4 Å². The molecule has 1 atom stereocenters. The van der Waals surface area contributed by atoms with Gasteiger partial charge in [-0.1, -0.05) is 18.2 Å². The van der Waals surface area contributed by atoms with Gasteiger partial charge in [0.1, 0.15) is 6.54 Å². The lowest BCUT2D eigenvalue weighted by molar-refractivity contribution is -0.141. The number of carbonyl (C=O) groups is 3. The number of fused-ring (bicyclic) bond motifs is 1. The third-order valence-corrected chi connectivity index (χ3v) is 3.49. The lowest BCUT2D eigenvalue weighted by atomic mass is 9.89. The Morgan fingerprint density at radius 1 is 1.38 bits per heavy atom. The van der Waals surface area contributed by atoms with Gasteiger partial charge in [0.2, 0.25) is 11.8 Å². The number of hydrogen-bond donors (Lipinski definition) is 2. The van der Waals surface area contributed by atoms with Gasteiger partial charge in [0, 0.05) is 18.0 Å². The highest BCUT2D eigenvalue weighted by Crippen LogP contribution is 2.27. The van der Waals surface area contributed by atoms with E-state index < -0.39 is 5.97 Å². The molecular formula is C15H18N2O4. The zero-order valence-electron chi connectivity index (χ0n) is 11.8. The van der Waals surface area contributed by atoms with Crippen molar-refractivity contribution in [2.45, 2.75) is 19.3 Å². The van der Waals surface area contributed by atoms with E-state index in [1.165, 1.54) is 7.11 Å². The van der Waals surface area contributed by atoms with E-state index in [1.54, 1.807) is 0 Å². The Labute approximate surface area is 122 Å². The van der Waals surface area contributed by atoms with Crippen LogP contribution in [0.4, 0.5) is 5.69 Å². The summed E-state index contributed by atoms with van der Waals surface area (Å²) in [4.78, 5) is 34.5. The smallest absolute Gasteiger partial charge is 0.325 e. The van der Waals surface area contributed by atoms with Crippen LogP contribution in [0.1, 0.15) is 18.4 Å². The van der Waals surface area contributed by atoms with Crippen LogP contribution in [0.2, 0.25) is 0 Å². The van der Waals surface area contributed by atoms with E-state index in [1.807, 2.05) is 24.3 Å². The first-order valence-electron chi connectivity index (χ1n) is 6.82. The van der Waals surface area contributed by atoms with Crippen LogP contribution in [0.5, 0.6) is 0 Å². The van der Waals surface area contributed by atoms with E-state index in [4.69, 9.17) is 0 Å². The summed E-state index contributed by atoms with van der Waals surface area (Å²) in [6.45, 7) is -0.144. The summed E-state index contributed by atoms with van der Waals surface area (Å²) in [5, 5.41) is 5.31. The molecule has 6 nitrogen and oxygen atoms in total. The molecular weight excluding hydrogens is 272 g/mol. The highest BCUT2D eigenvalue weighted by atomic mass is 16.5. The first-order chi connectivity index (χ1) is 10.1. The van der Waals surface area contributed by atoms with E-state index >= 15 is 0 Å². The molecule has 1 aliphatic heterocycles. The third kappa shape index (κ3) is 4.05. The molecule has 0 aromatic heterocycles. The summed E-state index contributed by atoms with van der Waals surface area (Å²) in [6, 6.07) is 7.64. The van der Waals surface area contributed by atoms with Gasteiger partial charge in [0.05, 0.1) is 7.11 Å². The predicted molar refractivity (Wildman–Crippen MR) is 76.5 cm³/mol. The van der Waals surface area contributed by atoms with Crippen molar-refractivity contribution in [3.8, 4) is 0 Å². The maximum Gasteiger partial charge on any atom is 0.325 e. The average molecular weight is 290 g/mol. The molecule has 1 aromatic carbocycles. The molecule has 0 saturated carbocycles. The number of nitrogens with one attached hydrogen (secondary N) is 2. The zero-order valence-corrected chi connectivity index (χ0v) is 11.8.